The van der Waals surface area contributed by atoms with Crippen molar-refractivity contribution in [1.29, 1.82) is 0 Å². The van der Waals surface area contributed by atoms with Gasteiger partial charge in [-0.15, -0.1) is 0 Å². The van der Waals surface area contributed by atoms with Crippen molar-refractivity contribution in [2.75, 3.05) is 13.7 Å². The Labute approximate surface area is 329 Å². The van der Waals surface area contributed by atoms with Gasteiger partial charge in [0.15, 0.2) is 24.7 Å². The summed E-state index contributed by atoms with van der Waals surface area (Å²) in [6.45, 7) is 9.93. The normalized spacial score (nSPS) is 49.8. The Bertz CT molecular complexity index is 1500. The standard InChI is InChI=1S/C42H64O14/c1-7-25(43)9-11-31(50-6)55-36-32(45)21(2)53-39(34(36)47)56-37-33(46)22(3)52-38(35(37)48)54-26-12-15-40(4)24(19-26)8-10-29-28(40)13-16-41(5)27(14-17-42(29,41)49)23-18-30(44)51-20-23/h9,11,18,21-22,24,26-29,31-39,45-49H,7-8,10,12-17,19-20H2,1-6H3/b11-9-. The van der Waals surface area contributed by atoms with E-state index in [-0.39, 0.29) is 46.9 Å². The highest BCUT2D eigenvalue weighted by molar-refractivity contribution is 5.89. The van der Waals surface area contributed by atoms with E-state index < -0.39 is 73.3 Å². The zero-order valence-corrected chi connectivity index (χ0v) is 33.7. The molecule has 0 radical (unpaired) electrons. The lowest BCUT2D eigenvalue weighted by Crippen LogP contribution is -2.64. The molecular weight excluding hydrogens is 728 g/mol. The summed E-state index contributed by atoms with van der Waals surface area (Å²) in [5.74, 6) is 0.624. The molecule has 4 saturated carbocycles. The number of cyclic esters (lactones) is 1. The molecule has 3 aliphatic heterocycles. The SMILES string of the molecule is CCC(=O)/C=C\C(OC)OC1C(O)C(C)OC(OC2C(O)C(C)OC(OC3CCC4(C)C(CCC5C4CCC4(C)C(C6=CC(=O)OC6)CCC54O)C3)C2O)C1O. The molecule has 7 aliphatic rings. The Morgan fingerprint density at radius 3 is 2.23 bits per heavy atom. The van der Waals surface area contributed by atoms with Crippen LogP contribution in [0.2, 0.25) is 0 Å². The monoisotopic (exact) mass is 792 g/mol. The van der Waals surface area contributed by atoms with Gasteiger partial charge in [-0.05, 0) is 118 Å². The summed E-state index contributed by atoms with van der Waals surface area (Å²) in [7, 11) is 1.37. The van der Waals surface area contributed by atoms with Crippen LogP contribution in [0, 0.1) is 34.5 Å². The lowest BCUT2D eigenvalue weighted by Gasteiger charge is -2.64. The predicted molar refractivity (Wildman–Crippen MR) is 198 cm³/mol. The van der Waals surface area contributed by atoms with Gasteiger partial charge in [-0.1, -0.05) is 20.8 Å². The molecule has 0 spiro atoms. The van der Waals surface area contributed by atoms with E-state index in [1.54, 1.807) is 26.8 Å². The number of aliphatic hydroxyl groups is 5. The number of carbonyl (C=O) groups is 2. The van der Waals surface area contributed by atoms with Crippen LogP contribution in [0.3, 0.4) is 0 Å². The van der Waals surface area contributed by atoms with Crippen LogP contribution in [0.1, 0.15) is 98.8 Å². The molecule has 0 aromatic carbocycles. The van der Waals surface area contributed by atoms with E-state index in [1.807, 2.05) is 0 Å². The number of rotatable bonds is 11. The molecule has 6 fully saturated rings. The second-order valence-corrected chi connectivity index (χ2v) is 18.2. The smallest absolute Gasteiger partial charge is 0.331 e. The molecule has 0 aromatic heterocycles. The van der Waals surface area contributed by atoms with Crippen LogP contribution in [0.25, 0.3) is 0 Å². The first-order chi connectivity index (χ1) is 26.5. The zero-order chi connectivity index (χ0) is 40.3. The molecule has 5 N–H and O–H groups in total. The molecule has 56 heavy (non-hydrogen) atoms. The van der Waals surface area contributed by atoms with Crippen molar-refractivity contribution in [3.8, 4) is 0 Å². The first kappa shape index (κ1) is 42.3. The molecule has 7 rings (SSSR count). The first-order valence-electron chi connectivity index (χ1n) is 20.9. The molecular formula is C42H64O14. The molecule has 14 heteroatoms. The predicted octanol–water partition coefficient (Wildman–Crippen LogP) is 2.84. The van der Waals surface area contributed by atoms with Crippen LogP contribution >= 0.6 is 0 Å². The maximum atomic E-state index is 12.6. The van der Waals surface area contributed by atoms with Gasteiger partial charge in [-0.25, -0.2) is 4.79 Å². The second kappa shape index (κ2) is 16.3. The highest BCUT2D eigenvalue weighted by atomic mass is 16.7. The van der Waals surface area contributed by atoms with E-state index in [1.165, 1.54) is 19.3 Å². The summed E-state index contributed by atoms with van der Waals surface area (Å²) in [6, 6.07) is 0. The van der Waals surface area contributed by atoms with Crippen LogP contribution < -0.4 is 0 Å². The molecule has 2 saturated heterocycles. The third-order valence-corrected chi connectivity index (χ3v) is 15.4. The minimum absolute atomic E-state index is 0.0161. The molecule has 0 aromatic rings. The molecule has 19 atom stereocenters. The molecule has 0 amide bonds. The Morgan fingerprint density at radius 2 is 1.57 bits per heavy atom. The van der Waals surface area contributed by atoms with E-state index >= 15 is 0 Å². The fourth-order valence-electron chi connectivity index (χ4n) is 12.0. The maximum absolute atomic E-state index is 12.6. The highest BCUT2D eigenvalue weighted by Crippen LogP contribution is 2.70. The summed E-state index contributed by atoms with van der Waals surface area (Å²) in [5, 5.41) is 57.5. The number of hydrogen-bond acceptors (Lipinski definition) is 14. The van der Waals surface area contributed by atoms with E-state index in [0.717, 1.165) is 63.4 Å². The molecule has 3 heterocycles. The van der Waals surface area contributed by atoms with Gasteiger partial charge in [0.1, 0.15) is 43.2 Å². The molecule has 0 bridgehead atoms. The topological polar surface area (TPSA) is 200 Å². The van der Waals surface area contributed by atoms with Gasteiger partial charge in [0.05, 0.1) is 23.9 Å². The molecule has 4 aliphatic carbocycles. The Hall–Kier alpha value is -1.82. The summed E-state index contributed by atoms with van der Waals surface area (Å²) >= 11 is 0. The number of carbonyl (C=O) groups excluding carboxylic acids is 2. The number of ether oxygens (including phenoxy) is 7. The lowest BCUT2D eigenvalue weighted by molar-refractivity contribution is -0.365. The number of allylic oxidation sites excluding steroid dienone is 1. The summed E-state index contributed by atoms with van der Waals surface area (Å²) in [4.78, 5) is 23.8. The lowest BCUT2D eigenvalue weighted by atomic mass is 9.43. The third kappa shape index (κ3) is 7.37. The average molecular weight is 793 g/mol. The van der Waals surface area contributed by atoms with Crippen molar-refractivity contribution in [3.05, 3.63) is 23.8 Å². The Kier molecular flexibility index (Phi) is 12.3. The fourth-order valence-corrected chi connectivity index (χ4v) is 12.0. The van der Waals surface area contributed by atoms with Crippen molar-refractivity contribution in [3.63, 3.8) is 0 Å². The fraction of sp³-hybridized carbons (Fsp3) is 0.857. The Balaban J connectivity index is 0.990. The van der Waals surface area contributed by atoms with Gasteiger partial charge in [-0.3, -0.25) is 4.79 Å². The van der Waals surface area contributed by atoms with Crippen molar-refractivity contribution in [2.45, 2.75) is 178 Å². The minimum atomic E-state index is -1.55. The van der Waals surface area contributed by atoms with Gasteiger partial charge >= 0.3 is 5.97 Å². The van der Waals surface area contributed by atoms with Crippen LogP contribution in [0.15, 0.2) is 23.8 Å². The molecule has 19 unspecified atom stereocenters. The van der Waals surface area contributed by atoms with Crippen LogP contribution in [-0.2, 0) is 42.7 Å². The van der Waals surface area contributed by atoms with Gasteiger partial charge in [-0.2, -0.15) is 0 Å². The summed E-state index contributed by atoms with van der Waals surface area (Å²) < 4.78 is 40.9. The first-order valence-corrected chi connectivity index (χ1v) is 20.9. The van der Waals surface area contributed by atoms with Crippen molar-refractivity contribution < 1.29 is 68.3 Å². The average Bonchev–Trinajstić information content (AvgIpc) is 3.72. The van der Waals surface area contributed by atoms with E-state index in [0.29, 0.717) is 18.4 Å². The van der Waals surface area contributed by atoms with E-state index in [2.05, 4.69) is 13.8 Å². The second-order valence-electron chi connectivity index (χ2n) is 18.2. The number of ketones is 1. The van der Waals surface area contributed by atoms with E-state index in [9.17, 15) is 35.1 Å². The van der Waals surface area contributed by atoms with Gasteiger partial charge in [0.2, 0.25) is 0 Å². The molecule has 316 valence electrons. The number of methoxy groups -OCH3 is 1. The summed E-state index contributed by atoms with van der Waals surface area (Å²) in [6.07, 6.45) is -1.05. The van der Waals surface area contributed by atoms with Gasteiger partial charge in [0, 0.05) is 25.0 Å². The Morgan fingerprint density at radius 1 is 0.893 bits per heavy atom. The van der Waals surface area contributed by atoms with Gasteiger partial charge in [0.25, 0.3) is 0 Å². The summed E-state index contributed by atoms with van der Waals surface area (Å²) in [5.41, 5.74) is -0.0425. The van der Waals surface area contributed by atoms with E-state index in [4.69, 9.17) is 33.2 Å². The van der Waals surface area contributed by atoms with Crippen molar-refractivity contribution in [1.82, 2.24) is 0 Å². The number of hydrogen-bond donors (Lipinski definition) is 5. The number of aliphatic hydroxyl groups excluding tert-OH is 4. The number of fused-ring (bicyclic) bond motifs is 5. The number of esters is 1. The third-order valence-electron chi connectivity index (χ3n) is 15.4. The van der Waals surface area contributed by atoms with Crippen molar-refractivity contribution >= 4 is 11.8 Å². The molecule has 14 nitrogen and oxygen atoms in total. The quantitative estimate of drug-likeness (QED) is 0.0886. The van der Waals surface area contributed by atoms with Gasteiger partial charge < -0.3 is 58.7 Å². The largest absolute Gasteiger partial charge is 0.458 e. The van der Waals surface area contributed by atoms with Crippen molar-refractivity contribution in [2.24, 2.45) is 34.5 Å². The zero-order valence-electron chi connectivity index (χ0n) is 33.7. The van der Waals surface area contributed by atoms with Crippen LogP contribution in [-0.4, -0.2) is 130 Å². The van der Waals surface area contributed by atoms with Crippen LogP contribution in [0.4, 0.5) is 0 Å². The highest BCUT2D eigenvalue weighted by Gasteiger charge is 2.68. The van der Waals surface area contributed by atoms with Crippen LogP contribution in [0.5, 0.6) is 0 Å². The minimum Gasteiger partial charge on any atom is -0.458 e. The maximum Gasteiger partial charge on any atom is 0.331 e.